The number of rotatable bonds is 4. The van der Waals surface area contributed by atoms with E-state index in [1.165, 1.54) is 5.56 Å². The molecule has 0 fully saturated rings. The van der Waals surface area contributed by atoms with Gasteiger partial charge in [-0.25, -0.2) is 4.98 Å². The number of benzene rings is 1. The maximum atomic E-state index is 5.57. The van der Waals surface area contributed by atoms with Crippen LogP contribution in [0.1, 0.15) is 18.2 Å². The first-order valence-electron chi connectivity index (χ1n) is 7.19. The minimum Gasteiger partial charge on any atom is -0.477 e. The fourth-order valence-electron chi connectivity index (χ4n) is 2.10. The third kappa shape index (κ3) is 2.83. The molecule has 0 radical (unpaired) electrons. The smallest absolute Gasteiger partial charge is 0.258 e. The van der Waals surface area contributed by atoms with Gasteiger partial charge < -0.3 is 9.26 Å². The van der Waals surface area contributed by atoms with Crippen LogP contribution in [-0.4, -0.2) is 21.7 Å². The minimum atomic E-state index is 0.478. The Morgan fingerprint density at radius 3 is 2.50 bits per heavy atom. The summed E-state index contributed by atoms with van der Waals surface area (Å²) >= 11 is 0. The Morgan fingerprint density at radius 2 is 1.77 bits per heavy atom. The first kappa shape index (κ1) is 14.3. The molecule has 0 aliphatic heterocycles. The highest BCUT2D eigenvalue weighted by atomic mass is 16.5. The fraction of sp³-hybridized carbons (Fsp3) is 0.235. The second-order valence-corrected chi connectivity index (χ2v) is 5.03. The molecule has 5 heteroatoms. The highest BCUT2D eigenvalue weighted by Gasteiger charge is 2.15. The summed E-state index contributed by atoms with van der Waals surface area (Å²) in [5, 5.41) is 4.05. The molecule has 22 heavy (non-hydrogen) atoms. The standard InChI is InChI=1S/C17H17N3O2/c1-4-21-17-14(10-7-12(3)18-17)15-19-16(22-20-15)13-8-5-11(2)6-9-13/h5-10H,4H2,1-3H3. The van der Waals surface area contributed by atoms with Gasteiger partial charge in [0.1, 0.15) is 0 Å². The summed E-state index contributed by atoms with van der Waals surface area (Å²) in [5.74, 6) is 1.49. The van der Waals surface area contributed by atoms with Crippen LogP contribution in [0.4, 0.5) is 0 Å². The van der Waals surface area contributed by atoms with Gasteiger partial charge in [0.05, 0.1) is 12.2 Å². The monoisotopic (exact) mass is 295 g/mol. The van der Waals surface area contributed by atoms with Crippen LogP contribution in [0.3, 0.4) is 0 Å². The van der Waals surface area contributed by atoms with Gasteiger partial charge in [0.2, 0.25) is 11.7 Å². The topological polar surface area (TPSA) is 61.0 Å². The Hall–Kier alpha value is -2.69. The van der Waals surface area contributed by atoms with E-state index >= 15 is 0 Å². The average molecular weight is 295 g/mol. The summed E-state index contributed by atoms with van der Waals surface area (Å²) in [6.07, 6.45) is 0. The summed E-state index contributed by atoms with van der Waals surface area (Å²) < 4.78 is 10.9. The van der Waals surface area contributed by atoms with Gasteiger partial charge in [-0.3, -0.25) is 0 Å². The zero-order chi connectivity index (χ0) is 15.5. The van der Waals surface area contributed by atoms with Gasteiger partial charge in [0.15, 0.2) is 0 Å². The lowest BCUT2D eigenvalue weighted by Gasteiger charge is -2.06. The number of pyridine rings is 1. The van der Waals surface area contributed by atoms with Crippen LogP contribution >= 0.6 is 0 Å². The maximum absolute atomic E-state index is 5.57. The van der Waals surface area contributed by atoms with Crippen LogP contribution in [0.5, 0.6) is 5.88 Å². The first-order valence-corrected chi connectivity index (χ1v) is 7.19. The molecule has 2 aromatic heterocycles. The Labute approximate surface area is 129 Å². The van der Waals surface area contributed by atoms with Crippen molar-refractivity contribution >= 4 is 0 Å². The molecule has 0 unspecified atom stereocenters. The highest BCUT2D eigenvalue weighted by Crippen LogP contribution is 2.28. The lowest BCUT2D eigenvalue weighted by molar-refractivity contribution is 0.327. The van der Waals surface area contributed by atoms with Crippen molar-refractivity contribution in [3.05, 3.63) is 47.7 Å². The number of ether oxygens (including phenoxy) is 1. The second-order valence-electron chi connectivity index (χ2n) is 5.03. The molecule has 112 valence electrons. The maximum Gasteiger partial charge on any atom is 0.258 e. The third-order valence-electron chi connectivity index (χ3n) is 3.25. The lowest BCUT2D eigenvalue weighted by Crippen LogP contribution is -1.98. The predicted octanol–water partition coefficient (Wildman–Crippen LogP) is 3.81. The summed E-state index contributed by atoms with van der Waals surface area (Å²) in [6, 6.07) is 11.8. The molecule has 1 aromatic carbocycles. The van der Waals surface area contributed by atoms with E-state index in [0.29, 0.717) is 24.2 Å². The Kier molecular flexibility index (Phi) is 3.87. The van der Waals surface area contributed by atoms with E-state index in [9.17, 15) is 0 Å². The molecule has 5 nitrogen and oxygen atoms in total. The number of aryl methyl sites for hydroxylation is 2. The van der Waals surface area contributed by atoms with Crippen molar-refractivity contribution in [3.8, 4) is 28.7 Å². The number of hydrogen-bond donors (Lipinski definition) is 0. The molecule has 0 saturated carbocycles. The molecule has 0 bridgehead atoms. The molecule has 0 amide bonds. The first-order chi connectivity index (χ1) is 10.7. The molecule has 3 aromatic rings. The van der Waals surface area contributed by atoms with Crippen molar-refractivity contribution in [3.63, 3.8) is 0 Å². The average Bonchev–Trinajstić information content (AvgIpc) is 2.98. The number of aromatic nitrogens is 3. The van der Waals surface area contributed by atoms with E-state index in [4.69, 9.17) is 9.26 Å². The minimum absolute atomic E-state index is 0.478. The van der Waals surface area contributed by atoms with E-state index in [1.54, 1.807) is 0 Å². The van der Waals surface area contributed by atoms with Gasteiger partial charge in [-0.1, -0.05) is 22.9 Å². The number of nitrogens with zero attached hydrogens (tertiary/aromatic N) is 3. The zero-order valence-corrected chi connectivity index (χ0v) is 12.8. The normalized spacial score (nSPS) is 10.7. The zero-order valence-electron chi connectivity index (χ0n) is 12.8. The predicted molar refractivity (Wildman–Crippen MR) is 83.6 cm³/mol. The molecule has 0 aliphatic carbocycles. The SMILES string of the molecule is CCOc1nc(C)ccc1-c1noc(-c2ccc(C)cc2)n1. The van der Waals surface area contributed by atoms with Gasteiger partial charge in [-0.05, 0) is 45.0 Å². The molecule has 0 atom stereocenters. The molecule has 0 spiro atoms. The van der Waals surface area contributed by atoms with Crippen LogP contribution < -0.4 is 4.74 Å². The van der Waals surface area contributed by atoms with Crippen molar-refractivity contribution in [1.82, 2.24) is 15.1 Å². The van der Waals surface area contributed by atoms with Crippen LogP contribution in [0.15, 0.2) is 40.9 Å². The summed E-state index contributed by atoms with van der Waals surface area (Å²) in [7, 11) is 0. The van der Waals surface area contributed by atoms with E-state index in [1.807, 2.05) is 57.2 Å². The fourth-order valence-corrected chi connectivity index (χ4v) is 2.10. The van der Waals surface area contributed by atoms with E-state index < -0.39 is 0 Å². The highest BCUT2D eigenvalue weighted by molar-refractivity contribution is 5.64. The van der Waals surface area contributed by atoms with Gasteiger partial charge in [0.25, 0.3) is 5.89 Å². The molecule has 0 N–H and O–H groups in total. The summed E-state index contributed by atoms with van der Waals surface area (Å²) in [4.78, 5) is 8.84. The summed E-state index contributed by atoms with van der Waals surface area (Å²) in [5.41, 5.74) is 3.69. The molecule has 2 heterocycles. The molecule has 0 saturated heterocycles. The molecular weight excluding hydrogens is 278 g/mol. The van der Waals surface area contributed by atoms with Gasteiger partial charge >= 0.3 is 0 Å². The molecule has 3 rings (SSSR count). The van der Waals surface area contributed by atoms with Gasteiger partial charge in [-0.2, -0.15) is 4.98 Å². The van der Waals surface area contributed by atoms with E-state index in [-0.39, 0.29) is 0 Å². The Balaban J connectivity index is 1.98. The quantitative estimate of drug-likeness (QED) is 0.732. The number of hydrogen-bond acceptors (Lipinski definition) is 5. The van der Waals surface area contributed by atoms with E-state index in [0.717, 1.165) is 16.8 Å². The van der Waals surface area contributed by atoms with Crippen molar-refractivity contribution in [2.24, 2.45) is 0 Å². The van der Waals surface area contributed by atoms with Crippen molar-refractivity contribution in [1.29, 1.82) is 0 Å². The van der Waals surface area contributed by atoms with Crippen LogP contribution in [0, 0.1) is 13.8 Å². The second kappa shape index (κ2) is 5.97. The van der Waals surface area contributed by atoms with Crippen LogP contribution in [-0.2, 0) is 0 Å². The lowest BCUT2D eigenvalue weighted by atomic mass is 10.1. The van der Waals surface area contributed by atoms with Gasteiger partial charge in [0, 0.05) is 11.3 Å². The Bertz CT molecular complexity index is 779. The van der Waals surface area contributed by atoms with Crippen molar-refractivity contribution < 1.29 is 9.26 Å². The third-order valence-corrected chi connectivity index (χ3v) is 3.25. The Morgan fingerprint density at radius 1 is 1.00 bits per heavy atom. The molecular formula is C17H17N3O2. The van der Waals surface area contributed by atoms with Crippen molar-refractivity contribution in [2.75, 3.05) is 6.61 Å². The largest absolute Gasteiger partial charge is 0.477 e. The van der Waals surface area contributed by atoms with Crippen molar-refractivity contribution in [2.45, 2.75) is 20.8 Å². The molecule has 0 aliphatic rings. The van der Waals surface area contributed by atoms with Crippen LogP contribution in [0.2, 0.25) is 0 Å². The van der Waals surface area contributed by atoms with E-state index in [2.05, 4.69) is 15.1 Å². The summed E-state index contributed by atoms with van der Waals surface area (Å²) in [6.45, 7) is 6.41. The van der Waals surface area contributed by atoms with Gasteiger partial charge in [-0.15, -0.1) is 0 Å². The van der Waals surface area contributed by atoms with Crippen LogP contribution in [0.25, 0.3) is 22.8 Å².